The maximum atomic E-state index is 12.5. The van der Waals surface area contributed by atoms with Crippen LogP contribution in [0.25, 0.3) is 11.5 Å². The average molecular weight is 470 g/mol. The summed E-state index contributed by atoms with van der Waals surface area (Å²) in [6.07, 6.45) is 1.78. The highest BCUT2D eigenvalue weighted by Crippen LogP contribution is 2.29. The minimum atomic E-state index is -3.53. The SMILES string of the molecule is O=S(=O)(c1ccc(CSc2nnc(-c3ccc(Br)cc3)o2)o1)N1CCCC1. The lowest BCUT2D eigenvalue weighted by atomic mass is 10.2. The highest BCUT2D eigenvalue weighted by Gasteiger charge is 2.30. The van der Waals surface area contributed by atoms with Crippen molar-refractivity contribution >= 4 is 37.7 Å². The first-order valence-electron chi connectivity index (χ1n) is 8.33. The Bertz CT molecular complexity index is 1020. The molecule has 4 rings (SSSR count). The van der Waals surface area contributed by atoms with Gasteiger partial charge in [0.25, 0.3) is 15.2 Å². The molecule has 0 unspecified atom stereocenters. The van der Waals surface area contributed by atoms with E-state index in [0.717, 1.165) is 22.9 Å². The summed E-state index contributed by atoms with van der Waals surface area (Å²) >= 11 is 4.68. The molecule has 1 fully saturated rings. The van der Waals surface area contributed by atoms with E-state index in [1.165, 1.54) is 22.1 Å². The lowest BCUT2D eigenvalue weighted by molar-refractivity contribution is 0.396. The van der Waals surface area contributed by atoms with Crippen LogP contribution in [0, 0.1) is 0 Å². The summed E-state index contributed by atoms with van der Waals surface area (Å²) in [4.78, 5) is 0. The molecule has 0 saturated carbocycles. The van der Waals surface area contributed by atoms with Gasteiger partial charge in [0, 0.05) is 23.1 Å². The largest absolute Gasteiger partial charge is 0.447 e. The van der Waals surface area contributed by atoms with Gasteiger partial charge >= 0.3 is 0 Å². The molecule has 142 valence electrons. The van der Waals surface area contributed by atoms with Gasteiger partial charge in [0.2, 0.25) is 11.0 Å². The first-order chi connectivity index (χ1) is 13.0. The molecule has 0 aliphatic carbocycles. The normalized spacial score (nSPS) is 15.4. The fraction of sp³-hybridized carbons (Fsp3) is 0.294. The van der Waals surface area contributed by atoms with Gasteiger partial charge in [-0.3, -0.25) is 0 Å². The highest BCUT2D eigenvalue weighted by molar-refractivity contribution is 9.10. The fourth-order valence-corrected chi connectivity index (χ4v) is 5.11. The zero-order chi connectivity index (χ0) is 18.9. The van der Waals surface area contributed by atoms with Gasteiger partial charge in [-0.05, 0) is 49.2 Å². The predicted molar refractivity (Wildman–Crippen MR) is 104 cm³/mol. The van der Waals surface area contributed by atoms with E-state index in [0.29, 0.717) is 35.7 Å². The Labute approximate surface area is 169 Å². The number of sulfonamides is 1. The van der Waals surface area contributed by atoms with E-state index in [1.807, 2.05) is 24.3 Å². The molecule has 10 heteroatoms. The molecule has 1 aromatic carbocycles. The second-order valence-corrected chi connectivity index (χ2v) is 9.71. The van der Waals surface area contributed by atoms with Crippen LogP contribution >= 0.6 is 27.7 Å². The lowest BCUT2D eigenvalue weighted by Crippen LogP contribution is -2.27. The summed E-state index contributed by atoms with van der Waals surface area (Å²) in [6, 6.07) is 10.7. The van der Waals surface area contributed by atoms with Crippen LogP contribution in [0.4, 0.5) is 0 Å². The van der Waals surface area contributed by atoms with Gasteiger partial charge in [0.15, 0.2) is 0 Å². The number of aromatic nitrogens is 2. The van der Waals surface area contributed by atoms with Gasteiger partial charge in [0.05, 0.1) is 5.75 Å². The first-order valence-corrected chi connectivity index (χ1v) is 11.6. The number of benzene rings is 1. The Kier molecular flexibility index (Phi) is 5.40. The molecule has 0 bridgehead atoms. The van der Waals surface area contributed by atoms with Crippen molar-refractivity contribution in [3.63, 3.8) is 0 Å². The van der Waals surface area contributed by atoms with Crippen LogP contribution < -0.4 is 0 Å². The van der Waals surface area contributed by atoms with Crippen molar-refractivity contribution in [3.05, 3.63) is 46.6 Å². The van der Waals surface area contributed by atoms with Crippen LogP contribution in [0.1, 0.15) is 18.6 Å². The van der Waals surface area contributed by atoms with Crippen LogP contribution in [0.3, 0.4) is 0 Å². The quantitative estimate of drug-likeness (QED) is 0.500. The van der Waals surface area contributed by atoms with E-state index in [4.69, 9.17) is 8.83 Å². The van der Waals surface area contributed by atoms with Gasteiger partial charge in [-0.25, -0.2) is 8.42 Å². The third kappa shape index (κ3) is 4.13. The van der Waals surface area contributed by atoms with Crippen LogP contribution in [0.5, 0.6) is 0 Å². The molecule has 1 saturated heterocycles. The summed E-state index contributed by atoms with van der Waals surface area (Å²) < 4.78 is 38.6. The molecule has 1 aliphatic rings. The fourth-order valence-electron chi connectivity index (χ4n) is 2.74. The first kappa shape index (κ1) is 18.7. The second-order valence-electron chi connectivity index (χ2n) is 6.00. The monoisotopic (exact) mass is 469 g/mol. The number of nitrogens with zero attached hydrogens (tertiary/aromatic N) is 3. The summed E-state index contributed by atoms with van der Waals surface area (Å²) in [7, 11) is -3.53. The van der Waals surface area contributed by atoms with Crippen molar-refractivity contribution < 1.29 is 17.3 Å². The Morgan fingerprint density at radius 3 is 2.52 bits per heavy atom. The minimum Gasteiger partial charge on any atom is -0.447 e. The van der Waals surface area contributed by atoms with Gasteiger partial charge in [-0.2, -0.15) is 4.31 Å². The summed E-state index contributed by atoms with van der Waals surface area (Å²) in [6.45, 7) is 1.10. The van der Waals surface area contributed by atoms with Gasteiger partial charge in [-0.1, -0.05) is 27.7 Å². The molecular formula is C17H16BrN3O4S2. The summed E-state index contributed by atoms with van der Waals surface area (Å²) in [5, 5.41) is 8.44. The molecule has 1 aliphatic heterocycles. The average Bonchev–Trinajstić information content (AvgIpc) is 3.41. The Balaban J connectivity index is 1.41. The molecule has 3 aromatic rings. The molecule has 2 aromatic heterocycles. The van der Waals surface area contributed by atoms with E-state index >= 15 is 0 Å². The van der Waals surface area contributed by atoms with Crippen molar-refractivity contribution in [2.24, 2.45) is 0 Å². The Hall–Kier alpha value is -1.62. The predicted octanol–water partition coefficient (Wildman–Crippen LogP) is 4.17. The number of hydrogen-bond donors (Lipinski definition) is 0. The van der Waals surface area contributed by atoms with Crippen LogP contribution in [-0.4, -0.2) is 36.0 Å². The van der Waals surface area contributed by atoms with Gasteiger partial charge in [0.1, 0.15) is 5.76 Å². The standard InChI is InChI=1S/C17H16BrN3O4S2/c18-13-5-3-12(4-6-13)16-19-20-17(25-16)26-11-14-7-8-15(24-14)27(22,23)21-9-1-2-10-21/h3-8H,1-2,9-11H2. The zero-order valence-electron chi connectivity index (χ0n) is 14.2. The molecule has 3 heterocycles. The van der Waals surface area contributed by atoms with Crippen molar-refractivity contribution in [1.82, 2.24) is 14.5 Å². The van der Waals surface area contributed by atoms with Crippen molar-refractivity contribution in [2.75, 3.05) is 13.1 Å². The smallest absolute Gasteiger partial charge is 0.277 e. The van der Waals surface area contributed by atoms with Crippen molar-refractivity contribution in [1.29, 1.82) is 0 Å². The Morgan fingerprint density at radius 2 is 1.78 bits per heavy atom. The number of halogens is 1. The van der Waals surface area contributed by atoms with Crippen LogP contribution in [0.15, 0.2) is 60.0 Å². The number of rotatable bonds is 6. The molecule has 0 spiro atoms. The van der Waals surface area contributed by atoms with E-state index in [2.05, 4.69) is 26.1 Å². The molecule has 0 atom stereocenters. The van der Waals surface area contributed by atoms with Crippen molar-refractivity contribution in [2.45, 2.75) is 28.9 Å². The molecular weight excluding hydrogens is 454 g/mol. The molecule has 0 radical (unpaired) electrons. The third-order valence-corrected chi connectivity index (χ3v) is 7.27. The topological polar surface area (TPSA) is 89.4 Å². The molecule has 7 nitrogen and oxygen atoms in total. The van der Waals surface area contributed by atoms with Crippen molar-refractivity contribution in [3.8, 4) is 11.5 Å². The third-order valence-electron chi connectivity index (χ3n) is 4.13. The zero-order valence-corrected chi connectivity index (χ0v) is 17.4. The van der Waals surface area contributed by atoms with Crippen LogP contribution in [-0.2, 0) is 15.8 Å². The highest BCUT2D eigenvalue weighted by atomic mass is 79.9. The van der Waals surface area contributed by atoms with Crippen LogP contribution in [0.2, 0.25) is 0 Å². The number of furan rings is 1. The molecule has 0 N–H and O–H groups in total. The number of thioether (sulfide) groups is 1. The van der Waals surface area contributed by atoms with Gasteiger partial charge < -0.3 is 8.83 Å². The minimum absolute atomic E-state index is 0.0129. The van der Waals surface area contributed by atoms with E-state index in [9.17, 15) is 8.42 Å². The van der Waals surface area contributed by atoms with E-state index in [-0.39, 0.29) is 5.09 Å². The summed E-state index contributed by atoms with van der Waals surface area (Å²) in [5.41, 5.74) is 0.828. The Morgan fingerprint density at radius 1 is 1.04 bits per heavy atom. The maximum Gasteiger partial charge on any atom is 0.277 e. The molecule has 27 heavy (non-hydrogen) atoms. The van der Waals surface area contributed by atoms with Gasteiger partial charge in [-0.15, -0.1) is 10.2 Å². The lowest BCUT2D eigenvalue weighted by Gasteiger charge is -2.12. The molecule has 0 amide bonds. The second kappa shape index (κ2) is 7.78. The number of hydrogen-bond acceptors (Lipinski definition) is 7. The van der Waals surface area contributed by atoms with E-state index < -0.39 is 10.0 Å². The maximum absolute atomic E-state index is 12.5. The summed E-state index contributed by atoms with van der Waals surface area (Å²) in [5.74, 6) is 1.38. The van der Waals surface area contributed by atoms with E-state index in [1.54, 1.807) is 6.07 Å².